The van der Waals surface area contributed by atoms with E-state index < -0.39 is 0 Å². The summed E-state index contributed by atoms with van der Waals surface area (Å²) >= 11 is 6.89. The predicted molar refractivity (Wildman–Crippen MR) is 154 cm³/mol. The van der Waals surface area contributed by atoms with Gasteiger partial charge >= 0.3 is 0 Å². The first kappa shape index (κ1) is 26.0. The van der Waals surface area contributed by atoms with Crippen LogP contribution in [-0.2, 0) is 9.53 Å². The first-order valence-electron chi connectivity index (χ1n) is 13.8. The van der Waals surface area contributed by atoms with E-state index in [1.165, 1.54) is 0 Å². The molecule has 0 spiro atoms. The molecule has 0 radical (unpaired) electrons. The van der Waals surface area contributed by atoms with E-state index in [0.717, 1.165) is 73.9 Å². The maximum atomic E-state index is 13.0. The molecule has 39 heavy (non-hydrogen) atoms. The number of fused-ring (bicyclic) bond motifs is 3. The molecule has 10 heteroatoms. The number of pyridine rings is 1. The molecule has 9 nitrogen and oxygen atoms in total. The van der Waals surface area contributed by atoms with Crippen LogP contribution in [0.5, 0.6) is 5.75 Å². The first-order valence-corrected chi connectivity index (χ1v) is 14.1. The van der Waals surface area contributed by atoms with E-state index >= 15 is 0 Å². The zero-order chi connectivity index (χ0) is 27.1. The number of imidazole rings is 1. The van der Waals surface area contributed by atoms with Crippen molar-refractivity contribution in [1.82, 2.24) is 20.3 Å². The molecule has 206 valence electrons. The summed E-state index contributed by atoms with van der Waals surface area (Å²) in [6, 6.07) is 6.19. The second kappa shape index (κ2) is 10.7. The highest BCUT2D eigenvalue weighted by Gasteiger charge is 2.50. The van der Waals surface area contributed by atoms with Crippen LogP contribution in [-0.4, -0.2) is 73.9 Å². The van der Waals surface area contributed by atoms with Gasteiger partial charge in [0.05, 0.1) is 48.7 Å². The van der Waals surface area contributed by atoms with Gasteiger partial charge in [0.15, 0.2) is 5.65 Å². The van der Waals surface area contributed by atoms with Crippen LogP contribution in [0, 0.1) is 17.8 Å². The molecule has 3 aliphatic rings. The number of morpholine rings is 1. The number of rotatable bonds is 8. The molecule has 4 atom stereocenters. The summed E-state index contributed by atoms with van der Waals surface area (Å²) in [4.78, 5) is 30.6. The smallest absolute Gasteiger partial charge is 0.225 e. The number of aromatic amines is 1. The van der Waals surface area contributed by atoms with E-state index in [-0.39, 0.29) is 23.8 Å². The lowest BCUT2D eigenvalue weighted by atomic mass is 9.86. The molecule has 3 aromatic rings. The van der Waals surface area contributed by atoms with E-state index in [2.05, 4.69) is 50.2 Å². The van der Waals surface area contributed by atoms with Gasteiger partial charge in [-0.1, -0.05) is 30.7 Å². The maximum absolute atomic E-state index is 13.0. The van der Waals surface area contributed by atoms with E-state index in [4.69, 9.17) is 26.1 Å². The fraction of sp³-hybridized carbons (Fsp3) is 0.483. The van der Waals surface area contributed by atoms with Gasteiger partial charge in [-0.2, -0.15) is 0 Å². The van der Waals surface area contributed by atoms with Gasteiger partial charge < -0.3 is 29.6 Å². The van der Waals surface area contributed by atoms with Gasteiger partial charge in [-0.05, 0) is 36.8 Å². The highest BCUT2D eigenvalue weighted by Crippen LogP contribution is 2.49. The average Bonchev–Trinajstić information content (AvgIpc) is 3.71. The number of nitrogens with zero attached hydrogens (tertiary/aromatic N) is 4. The number of methoxy groups -OCH3 is 1. The van der Waals surface area contributed by atoms with Crippen LogP contribution in [0.25, 0.3) is 22.6 Å². The molecule has 1 aliphatic heterocycles. The van der Waals surface area contributed by atoms with Gasteiger partial charge in [-0.3, -0.25) is 4.79 Å². The second-order valence-electron chi connectivity index (χ2n) is 10.5. The topological polar surface area (TPSA) is 95.6 Å². The van der Waals surface area contributed by atoms with Crippen LogP contribution < -0.4 is 19.9 Å². The van der Waals surface area contributed by atoms with Crippen molar-refractivity contribution in [1.29, 1.82) is 0 Å². The highest BCUT2D eigenvalue weighted by molar-refractivity contribution is 6.34. The predicted octanol–water partition coefficient (Wildman–Crippen LogP) is 4.28. The third-order valence-electron chi connectivity index (χ3n) is 8.34. The van der Waals surface area contributed by atoms with Crippen molar-refractivity contribution >= 4 is 40.0 Å². The molecule has 6 rings (SSSR count). The van der Waals surface area contributed by atoms with Crippen molar-refractivity contribution in [2.45, 2.75) is 25.8 Å². The number of hydrogen-bond donors (Lipinski definition) is 2. The Kier molecular flexibility index (Phi) is 7.12. The minimum Gasteiger partial charge on any atom is -0.496 e. The quantitative estimate of drug-likeness (QED) is 0.404. The summed E-state index contributed by atoms with van der Waals surface area (Å²) in [5, 5.41) is 3.44. The second-order valence-corrected chi connectivity index (χ2v) is 10.9. The Bertz CT molecular complexity index is 1400. The molecule has 2 fully saturated rings. The van der Waals surface area contributed by atoms with Crippen LogP contribution in [0.4, 0.5) is 11.4 Å². The van der Waals surface area contributed by atoms with Crippen molar-refractivity contribution in [3.63, 3.8) is 0 Å². The van der Waals surface area contributed by atoms with E-state index in [9.17, 15) is 4.79 Å². The number of H-pyrrole nitrogens is 1. The number of amides is 1. The van der Waals surface area contributed by atoms with E-state index in [0.29, 0.717) is 22.4 Å². The summed E-state index contributed by atoms with van der Waals surface area (Å²) in [6.45, 7) is 6.05. The Morgan fingerprint density at radius 1 is 1.28 bits per heavy atom. The Morgan fingerprint density at radius 3 is 2.82 bits per heavy atom. The van der Waals surface area contributed by atoms with Gasteiger partial charge in [0.1, 0.15) is 17.1 Å². The van der Waals surface area contributed by atoms with Crippen LogP contribution in [0.2, 0.25) is 5.02 Å². The number of carbonyl (C=O) groups excluding carboxylic acids is 1. The molecule has 1 amide bonds. The largest absolute Gasteiger partial charge is 0.496 e. The van der Waals surface area contributed by atoms with Crippen LogP contribution in [0.15, 0.2) is 36.5 Å². The van der Waals surface area contributed by atoms with Gasteiger partial charge in [-0.15, -0.1) is 0 Å². The Hall–Kier alpha value is -3.30. The molecule has 2 bridgehead atoms. The van der Waals surface area contributed by atoms with Crippen LogP contribution in [0.3, 0.4) is 0 Å². The fourth-order valence-corrected chi connectivity index (χ4v) is 6.86. The Labute approximate surface area is 233 Å². The molecule has 2 aliphatic carbocycles. The van der Waals surface area contributed by atoms with Crippen molar-refractivity contribution < 1.29 is 14.3 Å². The normalized spacial score (nSPS) is 23.9. The monoisotopic (exact) mass is 550 g/mol. The van der Waals surface area contributed by atoms with Gasteiger partial charge in [0.2, 0.25) is 5.91 Å². The first-order chi connectivity index (χ1) is 19.0. The minimum atomic E-state index is -0.133. The summed E-state index contributed by atoms with van der Waals surface area (Å²) in [7, 11) is 3.39. The molecule has 2 N–H and O–H groups in total. The summed E-state index contributed by atoms with van der Waals surface area (Å²) < 4.78 is 11.3. The van der Waals surface area contributed by atoms with Crippen LogP contribution >= 0.6 is 11.6 Å². The molecule has 3 heterocycles. The Morgan fingerprint density at radius 2 is 2.08 bits per heavy atom. The van der Waals surface area contributed by atoms with E-state index in [1.807, 2.05) is 12.1 Å². The molecule has 1 saturated carbocycles. The number of benzene rings is 1. The lowest BCUT2D eigenvalue weighted by Gasteiger charge is -2.39. The number of anilines is 2. The van der Waals surface area contributed by atoms with Crippen molar-refractivity contribution in [2.24, 2.45) is 17.8 Å². The van der Waals surface area contributed by atoms with Crippen LogP contribution in [0.1, 0.15) is 19.8 Å². The number of halogens is 1. The molecule has 4 unspecified atom stereocenters. The Balaban J connectivity index is 1.42. The molecule has 1 saturated heterocycles. The molecule has 2 aromatic heterocycles. The average molecular weight is 551 g/mol. The van der Waals surface area contributed by atoms with Gasteiger partial charge in [0, 0.05) is 44.5 Å². The zero-order valence-corrected chi connectivity index (χ0v) is 23.4. The number of allylic oxidation sites excluding steroid dienone is 1. The van der Waals surface area contributed by atoms with Crippen molar-refractivity contribution in [3.05, 3.63) is 41.6 Å². The van der Waals surface area contributed by atoms with Gasteiger partial charge in [-0.25, -0.2) is 9.97 Å². The number of ether oxygens (including phenoxy) is 2. The third-order valence-corrected chi connectivity index (χ3v) is 8.62. The van der Waals surface area contributed by atoms with Crippen molar-refractivity contribution in [3.8, 4) is 17.1 Å². The van der Waals surface area contributed by atoms with E-state index in [1.54, 1.807) is 20.4 Å². The summed E-state index contributed by atoms with van der Waals surface area (Å²) in [6.07, 6.45) is 8.04. The maximum Gasteiger partial charge on any atom is 0.225 e. The van der Waals surface area contributed by atoms with Crippen molar-refractivity contribution in [2.75, 3.05) is 56.8 Å². The number of hydrogen-bond acceptors (Lipinski definition) is 7. The number of aromatic nitrogens is 3. The standard InChI is InChI=1S/C29H35ClN6O3/c1-4-9-36(25-18-6-5-17(14-18)23(25)29(37)31-2)26-21(30)16-32-28-24(26)33-27(34-28)20-8-7-19(15-22(20)38-3)35-10-12-39-13-11-35/h5-8,15-18,23,25H,4,9-14H2,1-3H3,(H,31,37)(H,32,33,34). The highest BCUT2D eigenvalue weighted by atomic mass is 35.5. The van der Waals surface area contributed by atoms with Gasteiger partial charge in [0.25, 0.3) is 0 Å². The number of nitrogens with one attached hydrogen (secondary N) is 2. The third kappa shape index (κ3) is 4.51. The lowest BCUT2D eigenvalue weighted by Crippen LogP contribution is -2.49. The zero-order valence-electron chi connectivity index (χ0n) is 22.6. The summed E-state index contributed by atoms with van der Waals surface area (Å²) in [5.74, 6) is 1.87. The number of carbonyl (C=O) groups is 1. The summed E-state index contributed by atoms with van der Waals surface area (Å²) in [5.41, 5.74) is 4.15. The minimum absolute atomic E-state index is 0.0112. The molecular weight excluding hydrogens is 516 g/mol. The molecular formula is C29H35ClN6O3. The fourth-order valence-electron chi connectivity index (χ4n) is 6.61. The molecule has 1 aromatic carbocycles. The lowest BCUT2D eigenvalue weighted by molar-refractivity contribution is -0.125. The SMILES string of the molecule is CCCN(c1c(Cl)cnc2nc(-c3ccc(N4CCOCC4)cc3OC)[nH]c12)C1C2C=CC(C2)C1C(=O)NC.